The molecule has 0 radical (unpaired) electrons. The standard InChI is InChI=1S/C13H19NO4/c1-16-11(15)10-12(6-7-14)2-4-13(5-3-12)17-8-9-18-13/h2-6,8-10H2,1H3. The van der Waals surface area contributed by atoms with Crippen LogP contribution in [0.1, 0.15) is 38.5 Å². The minimum absolute atomic E-state index is 0.241. The molecule has 1 aliphatic heterocycles. The van der Waals surface area contributed by atoms with E-state index in [2.05, 4.69) is 6.07 Å². The van der Waals surface area contributed by atoms with Crippen LogP contribution in [0.2, 0.25) is 0 Å². The highest BCUT2D eigenvalue weighted by Gasteiger charge is 2.47. The highest BCUT2D eigenvalue weighted by atomic mass is 16.7. The van der Waals surface area contributed by atoms with Gasteiger partial charge in [-0.15, -0.1) is 0 Å². The van der Waals surface area contributed by atoms with E-state index in [0.717, 1.165) is 25.7 Å². The Labute approximate surface area is 107 Å². The second-order valence-electron chi connectivity index (χ2n) is 5.20. The fraction of sp³-hybridized carbons (Fsp3) is 0.846. The van der Waals surface area contributed by atoms with Crippen LogP contribution >= 0.6 is 0 Å². The first-order valence-electron chi connectivity index (χ1n) is 6.35. The lowest BCUT2D eigenvalue weighted by Crippen LogP contribution is -2.41. The van der Waals surface area contributed by atoms with Gasteiger partial charge < -0.3 is 14.2 Å². The van der Waals surface area contributed by atoms with E-state index < -0.39 is 5.79 Å². The Bertz CT molecular complexity index is 344. The third kappa shape index (κ3) is 2.65. The Kier molecular flexibility index (Phi) is 3.88. The van der Waals surface area contributed by atoms with Crippen molar-refractivity contribution in [1.82, 2.24) is 0 Å². The van der Waals surface area contributed by atoms with Gasteiger partial charge in [0.2, 0.25) is 0 Å². The fourth-order valence-corrected chi connectivity index (χ4v) is 2.91. The van der Waals surface area contributed by atoms with Crippen molar-refractivity contribution in [2.45, 2.75) is 44.3 Å². The quantitative estimate of drug-likeness (QED) is 0.717. The van der Waals surface area contributed by atoms with Crippen LogP contribution in [0.4, 0.5) is 0 Å². The summed E-state index contributed by atoms with van der Waals surface area (Å²) in [6.45, 7) is 1.28. The molecule has 5 heteroatoms. The first kappa shape index (κ1) is 13.3. The lowest BCUT2D eigenvalue weighted by atomic mass is 9.68. The molecule has 2 fully saturated rings. The van der Waals surface area contributed by atoms with E-state index in [1.54, 1.807) is 0 Å². The lowest BCUT2D eigenvalue weighted by Gasteiger charge is -2.42. The smallest absolute Gasteiger partial charge is 0.306 e. The molecule has 0 amide bonds. The highest BCUT2D eigenvalue weighted by molar-refractivity contribution is 5.70. The summed E-state index contributed by atoms with van der Waals surface area (Å²) in [6, 6.07) is 2.20. The summed E-state index contributed by atoms with van der Waals surface area (Å²) >= 11 is 0. The molecule has 18 heavy (non-hydrogen) atoms. The molecule has 0 aromatic rings. The number of rotatable bonds is 3. The Hall–Kier alpha value is -1.12. The van der Waals surface area contributed by atoms with Gasteiger partial charge >= 0.3 is 5.97 Å². The zero-order chi connectivity index (χ0) is 13.1. The van der Waals surface area contributed by atoms with Gasteiger partial charge in [-0.25, -0.2) is 0 Å². The average molecular weight is 253 g/mol. The average Bonchev–Trinajstić information content (AvgIpc) is 2.83. The number of esters is 1. The number of ether oxygens (including phenoxy) is 3. The minimum atomic E-state index is -0.449. The number of methoxy groups -OCH3 is 1. The maximum absolute atomic E-state index is 11.5. The second kappa shape index (κ2) is 5.25. The highest BCUT2D eigenvalue weighted by Crippen LogP contribution is 2.48. The van der Waals surface area contributed by atoms with Gasteiger partial charge in [0.15, 0.2) is 5.79 Å². The molecule has 1 heterocycles. The zero-order valence-electron chi connectivity index (χ0n) is 10.7. The first-order chi connectivity index (χ1) is 8.64. The van der Waals surface area contributed by atoms with Crippen molar-refractivity contribution < 1.29 is 19.0 Å². The molecule has 1 saturated heterocycles. The third-order valence-electron chi connectivity index (χ3n) is 4.09. The van der Waals surface area contributed by atoms with Gasteiger partial charge in [-0.1, -0.05) is 0 Å². The summed E-state index contributed by atoms with van der Waals surface area (Å²) in [6.07, 6.45) is 3.76. The summed E-state index contributed by atoms with van der Waals surface area (Å²) in [7, 11) is 1.38. The molecule has 1 aliphatic carbocycles. The third-order valence-corrected chi connectivity index (χ3v) is 4.09. The van der Waals surface area contributed by atoms with Crippen LogP contribution in [0.3, 0.4) is 0 Å². The molecule has 0 unspecified atom stereocenters. The van der Waals surface area contributed by atoms with Crippen LogP contribution in [0, 0.1) is 16.7 Å². The molecule has 2 aliphatic rings. The normalized spacial score (nSPS) is 24.7. The number of hydrogen-bond donors (Lipinski definition) is 0. The predicted molar refractivity (Wildman–Crippen MR) is 62.4 cm³/mol. The Balaban J connectivity index is 2.01. The largest absolute Gasteiger partial charge is 0.469 e. The van der Waals surface area contributed by atoms with Crippen molar-refractivity contribution >= 4 is 5.97 Å². The molecule has 0 bridgehead atoms. The van der Waals surface area contributed by atoms with Crippen LogP contribution < -0.4 is 0 Å². The number of nitriles is 1. The molecule has 5 nitrogen and oxygen atoms in total. The monoisotopic (exact) mass is 253 g/mol. The topological polar surface area (TPSA) is 68.6 Å². The van der Waals surface area contributed by atoms with Gasteiger partial charge in [-0.05, 0) is 18.3 Å². The van der Waals surface area contributed by atoms with E-state index in [9.17, 15) is 4.79 Å². The van der Waals surface area contributed by atoms with Crippen molar-refractivity contribution in [3.8, 4) is 6.07 Å². The van der Waals surface area contributed by atoms with Crippen LogP contribution in [-0.4, -0.2) is 32.1 Å². The van der Waals surface area contributed by atoms with Crippen molar-refractivity contribution in [2.24, 2.45) is 5.41 Å². The summed E-state index contributed by atoms with van der Waals surface area (Å²) in [4.78, 5) is 11.5. The van der Waals surface area contributed by atoms with E-state index >= 15 is 0 Å². The Morgan fingerprint density at radius 1 is 1.28 bits per heavy atom. The van der Waals surface area contributed by atoms with Gasteiger partial charge in [-0.3, -0.25) is 4.79 Å². The van der Waals surface area contributed by atoms with Crippen LogP contribution in [-0.2, 0) is 19.0 Å². The molecule has 0 aromatic heterocycles. The van der Waals surface area contributed by atoms with Crippen molar-refractivity contribution in [3.63, 3.8) is 0 Å². The van der Waals surface area contributed by atoms with Crippen LogP contribution in [0.15, 0.2) is 0 Å². The number of carbonyl (C=O) groups is 1. The van der Waals surface area contributed by atoms with Crippen molar-refractivity contribution in [1.29, 1.82) is 5.26 Å². The van der Waals surface area contributed by atoms with Crippen LogP contribution in [0.5, 0.6) is 0 Å². The van der Waals surface area contributed by atoms with E-state index in [1.807, 2.05) is 0 Å². The minimum Gasteiger partial charge on any atom is -0.469 e. The van der Waals surface area contributed by atoms with Gasteiger partial charge in [-0.2, -0.15) is 5.26 Å². The van der Waals surface area contributed by atoms with Crippen molar-refractivity contribution in [2.75, 3.05) is 20.3 Å². The zero-order valence-corrected chi connectivity index (χ0v) is 10.7. The van der Waals surface area contributed by atoms with Crippen molar-refractivity contribution in [3.05, 3.63) is 0 Å². The molecule has 0 aromatic carbocycles. The molecule has 1 spiro atoms. The molecule has 0 N–H and O–H groups in total. The summed E-state index contributed by atoms with van der Waals surface area (Å²) < 4.78 is 16.1. The number of carbonyl (C=O) groups excluding carboxylic acids is 1. The number of nitrogens with zero attached hydrogens (tertiary/aromatic N) is 1. The maximum Gasteiger partial charge on any atom is 0.306 e. The molecular weight excluding hydrogens is 234 g/mol. The van der Waals surface area contributed by atoms with E-state index in [-0.39, 0.29) is 11.4 Å². The van der Waals surface area contributed by atoms with Gasteiger partial charge in [0.25, 0.3) is 0 Å². The predicted octanol–water partition coefficient (Wildman–Crippen LogP) is 1.77. The second-order valence-corrected chi connectivity index (χ2v) is 5.20. The molecule has 0 atom stereocenters. The summed E-state index contributed by atoms with van der Waals surface area (Å²) in [5, 5.41) is 8.96. The molecule has 2 rings (SSSR count). The van der Waals surface area contributed by atoms with Gasteiger partial charge in [0, 0.05) is 19.3 Å². The molecule has 1 saturated carbocycles. The van der Waals surface area contributed by atoms with E-state index in [4.69, 9.17) is 19.5 Å². The molecular formula is C13H19NO4. The Morgan fingerprint density at radius 2 is 1.89 bits per heavy atom. The van der Waals surface area contributed by atoms with Crippen LogP contribution in [0.25, 0.3) is 0 Å². The van der Waals surface area contributed by atoms with E-state index in [1.165, 1.54) is 7.11 Å². The maximum atomic E-state index is 11.5. The first-order valence-corrected chi connectivity index (χ1v) is 6.35. The fourth-order valence-electron chi connectivity index (χ4n) is 2.91. The summed E-state index contributed by atoms with van der Waals surface area (Å²) in [5.41, 5.74) is -0.262. The Morgan fingerprint density at radius 3 is 2.39 bits per heavy atom. The lowest BCUT2D eigenvalue weighted by molar-refractivity contribution is -0.193. The van der Waals surface area contributed by atoms with Gasteiger partial charge in [0.05, 0.1) is 32.8 Å². The van der Waals surface area contributed by atoms with Gasteiger partial charge in [0.1, 0.15) is 0 Å². The summed E-state index contributed by atoms with van der Waals surface area (Å²) in [5.74, 6) is -0.691. The number of hydrogen-bond acceptors (Lipinski definition) is 5. The SMILES string of the molecule is COC(=O)CC1(CC#N)CCC2(CC1)OCCO2. The van der Waals surface area contributed by atoms with E-state index in [0.29, 0.717) is 26.1 Å². The molecule has 100 valence electrons.